The summed E-state index contributed by atoms with van der Waals surface area (Å²) in [6.45, 7) is 7.62. The lowest BCUT2D eigenvalue weighted by Crippen LogP contribution is -2.27. The Bertz CT molecular complexity index is 1130. The van der Waals surface area contributed by atoms with Crippen LogP contribution in [0.5, 0.6) is 0 Å². The molecule has 1 aliphatic rings. The molecule has 190 valence electrons. The molecule has 1 aliphatic heterocycles. The largest absolute Gasteiger partial charge is 0.466 e. The van der Waals surface area contributed by atoms with Crippen LogP contribution < -0.4 is 11.1 Å². The van der Waals surface area contributed by atoms with E-state index in [1.54, 1.807) is 24.7 Å². The van der Waals surface area contributed by atoms with Gasteiger partial charge in [-0.2, -0.15) is 0 Å². The first-order chi connectivity index (χ1) is 17.4. The third-order valence-corrected chi connectivity index (χ3v) is 5.82. The first-order valence-corrected chi connectivity index (χ1v) is 12.2. The van der Waals surface area contributed by atoms with Crippen molar-refractivity contribution >= 4 is 17.6 Å². The summed E-state index contributed by atoms with van der Waals surface area (Å²) in [5.74, 6) is -0.168. The molecule has 2 aromatic carbocycles. The fraction of sp³-hybridized carbons (Fsp3) is 0.357. The minimum atomic E-state index is -0.245. The summed E-state index contributed by atoms with van der Waals surface area (Å²) in [5, 5.41) is 2.93. The number of nitrogens with one attached hydrogen (secondary N) is 1. The SMILES string of the molecule is CCOC(=O)C1CCOCC1.Cc1ccc(-c2cc(N)cc(C(=O)NC(C)c3cnccn3)c2)cc1. The number of ether oxygens (including phenoxy) is 2. The second kappa shape index (κ2) is 13.3. The zero-order valence-electron chi connectivity index (χ0n) is 21.1. The molecule has 0 bridgehead atoms. The molecule has 1 unspecified atom stereocenters. The van der Waals surface area contributed by atoms with Crippen molar-refractivity contribution in [2.24, 2.45) is 5.92 Å². The highest BCUT2D eigenvalue weighted by molar-refractivity contribution is 5.96. The van der Waals surface area contributed by atoms with Crippen molar-refractivity contribution < 1.29 is 19.1 Å². The highest BCUT2D eigenvalue weighted by atomic mass is 16.5. The van der Waals surface area contributed by atoms with Crippen LogP contribution in [-0.4, -0.2) is 41.7 Å². The van der Waals surface area contributed by atoms with Gasteiger partial charge in [-0.3, -0.25) is 19.6 Å². The predicted octanol–water partition coefficient (Wildman–Crippen LogP) is 4.50. The fourth-order valence-corrected chi connectivity index (χ4v) is 3.78. The lowest BCUT2D eigenvalue weighted by molar-refractivity contribution is -0.151. The van der Waals surface area contributed by atoms with Crippen LogP contribution in [0.2, 0.25) is 0 Å². The minimum Gasteiger partial charge on any atom is -0.466 e. The number of nitrogen functional groups attached to an aromatic ring is 1. The maximum Gasteiger partial charge on any atom is 0.309 e. The minimum absolute atomic E-state index is 0.0594. The van der Waals surface area contributed by atoms with Gasteiger partial charge >= 0.3 is 5.97 Å². The molecule has 0 radical (unpaired) electrons. The number of benzene rings is 2. The number of aryl methyl sites for hydroxylation is 1. The van der Waals surface area contributed by atoms with Crippen molar-refractivity contribution in [3.05, 3.63) is 77.9 Å². The second-order valence-electron chi connectivity index (χ2n) is 8.67. The highest BCUT2D eigenvalue weighted by Crippen LogP contribution is 2.24. The second-order valence-corrected chi connectivity index (χ2v) is 8.67. The van der Waals surface area contributed by atoms with Crippen molar-refractivity contribution in [3.63, 3.8) is 0 Å². The number of hydrogen-bond donors (Lipinski definition) is 2. The molecule has 8 nitrogen and oxygen atoms in total. The molecular formula is C28H34N4O4. The van der Waals surface area contributed by atoms with E-state index in [1.807, 2.05) is 57.2 Å². The smallest absolute Gasteiger partial charge is 0.309 e. The molecular weight excluding hydrogens is 456 g/mol. The first-order valence-electron chi connectivity index (χ1n) is 12.2. The third-order valence-electron chi connectivity index (χ3n) is 5.82. The van der Waals surface area contributed by atoms with Crippen LogP contribution >= 0.6 is 0 Å². The number of esters is 1. The van der Waals surface area contributed by atoms with E-state index in [2.05, 4.69) is 15.3 Å². The molecule has 2 heterocycles. The van der Waals surface area contributed by atoms with Gasteiger partial charge in [-0.15, -0.1) is 0 Å². The number of rotatable bonds is 6. The van der Waals surface area contributed by atoms with Gasteiger partial charge in [0.2, 0.25) is 0 Å². The van der Waals surface area contributed by atoms with Gasteiger partial charge in [0.1, 0.15) is 0 Å². The highest BCUT2D eigenvalue weighted by Gasteiger charge is 2.22. The van der Waals surface area contributed by atoms with Crippen LogP contribution in [0.4, 0.5) is 5.69 Å². The van der Waals surface area contributed by atoms with Gasteiger partial charge in [-0.1, -0.05) is 29.8 Å². The topological polar surface area (TPSA) is 116 Å². The Hall–Kier alpha value is -3.78. The average molecular weight is 491 g/mol. The van der Waals surface area contributed by atoms with E-state index in [-0.39, 0.29) is 23.8 Å². The van der Waals surface area contributed by atoms with Crippen molar-refractivity contribution in [1.29, 1.82) is 0 Å². The summed E-state index contributed by atoms with van der Waals surface area (Å²) in [7, 11) is 0. The summed E-state index contributed by atoms with van der Waals surface area (Å²) in [5.41, 5.74) is 10.9. The Balaban J connectivity index is 0.000000275. The molecule has 0 aliphatic carbocycles. The molecule has 0 saturated carbocycles. The van der Waals surface area contributed by atoms with E-state index in [4.69, 9.17) is 15.2 Å². The maximum atomic E-state index is 12.6. The molecule has 0 spiro atoms. The summed E-state index contributed by atoms with van der Waals surface area (Å²) in [4.78, 5) is 32.0. The lowest BCUT2D eigenvalue weighted by atomic mass is 10.0. The van der Waals surface area contributed by atoms with Crippen LogP contribution in [0.25, 0.3) is 11.1 Å². The molecule has 1 atom stereocenters. The summed E-state index contributed by atoms with van der Waals surface area (Å²) in [6, 6.07) is 13.3. The molecule has 4 rings (SSSR count). The Morgan fingerprint density at radius 2 is 1.83 bits per heavy atom. The number of nitrogens with zero attached hydrogens (tertiary/aromatic N) is 2. The third kappa shape index (κ3) is 7.88. The van der Waals surface area contributed by atoms with Gasteiger partial charge in [-0.05, 0) is 62.9 Å². The molecule has 3 N–H and O–H groups in total. The Kier molecular flexibility index (Phi) is 9.94. The quantitative estimate of drug-likeness (QED) is 0.386. The number of carbonyl (C=O) groups excluding carboxylic acids is 2. The molecule has 36 heavy (non-hydrogen) atoms. The maximum absolute atomic E-state index is 12.6. The van der Waals surface area contributed by atoms with Gasteiger partial charge in [0.25, 0.3) is 5.91 Å². The number of nitrogens with two attached hydrogens (primary N) is 1. The van der Waals surface area contributed by atoms with Gasteiger partial charge in [-0.25, -0.2) is 0 Å². The van der Waals surface area contributed by atoms with Gasteiger partial charge < -0.3 is 20.5 Å². The number of carbonyl (C=O) groups is 2. The van der Waals surface area contributed by atoms with Crippen LogP contribution in [-0.2, 0) is 14.3 Å². The van der Waals surface area contributed by atoms with Gasteiger partial charge in [0.05, 0.1) is 30.5 Å². The van der Waals surface area contributed by atoms with Crippen molar-refractivity contribution in [1.82, 2.24) is 15.3 Å². The van der Waals surface area contributed by atoms with Crippen molar-refractivity contribution in [2.75, 3.05) is 25.6 Å². The van der Waals surface area contributed by atoms with E-state index >= 15 is 0 Å². The zero-order valence-corrected chi connectivity index (χ0v) is 21.1. The monoisotopic (exact) mass is 490 g/mol. The molecule has 8 heteroatoms. The van der Waals surface area contributed by atoms with Gasteiger partial charge in [0.15, 0.2) is 0 Å². The molecule has 3 aromatic rings. The number of amides is 1. The Labute approximate surface area is 212 Å². The van der Waals surface area contributed by atoms with E-state index in [0.717, 1.165) is 24.0 Å². The molecule has 1 amide bonds. The van der Waals surface area contributed by atoms with Crippen LogP contribution in [0, 0.1) is 12.8 Å². The molecule has 1 saturated heterocycles. The summed E-state index contributed by atoms with van der Waals surface area (Å²) < 4.78 is 10.0. The number of aromatic nitrogens is 2. The van der Waals surface area contributed by atoms with Crippen LogP contribution in [0.15, 0.2) is 61.1 Å². The molecule has 1 fully saturated rings. The summed E-state index contributed by atoms with van der Waals surface area (Å²) in [6.07, 6.45) is 6.48. The van der Waals surface area contributed by atoms with Crippen LogP contribution in [0.3, 0.4) is 0 Å². The summed E-state index contributed by atoms with van der Waals surface area (Å²) >= 11 is 0. The van der Waals surface area contributed by atoms with E-state index in [9.17, 15) is 9.59 Å². The average Bonchev–Trinajstić information content (AvgIpc) is 2.90. The van der Waals surface area contributed by atoms with E-state index < -0.39 is 0 Å². The van der Waals surface area contributed by atoms with Gasteiger partial charge in [0, 0.05) is 36.9 Å². The van der Waals surface area contributed by atoms with Crippen molar-refractivity contribution in [3.8, 4) is 11.1 Å². The Morgan fingerprint density at radius 1 is 1.11 bits per heavy atom. The number of anilines is 1. The lowest BCUT2D eigenvalue weighted by Gasteiger charge is -2.19. The number of hydrogen-bond acceptors (Lipinski definition) is 7. The van der Waals surface area contributed by atoms with Crippen LogP contribution in [0.1, 0.15) is 54.3 Å². The predicted molar refractivity (Wildman–Crippen MR) is 139 cm³/mol. The normalized spacial score (nSPS) is 14.2. The first kappa shape index (κ1) is 26.8. The van der Waals surface area contributed by atoms with E-state index in [1.165, 1.54) is 5.56 Å². The molecule has 1 aromatic heterocycles. The Morgan fingerprint density at radius 3 is 2.47 bits per heavy atom. The van der Waals surface area contributed by atoms with E-state index in [0.29, 0.717) is 36.8 Å². The zero-order chi connectivity index (χ0) is 25.9. The standard InChI is InChI=1S/C20H20N4O.C8H14O3/c1-13-3-5-15(6-4-13)16-9-17(11-18(21)10-16)20(25)24-14(2)19-12-22-7-8-23-19;1-2-11-8(9)7-3-5-10-6-4-7/h3-12,14H,21H2,1-2H3,(H,24,25);7H,2-6H2,1H3. The fourth-order valence-electron chi connectivity index (χ4n) is 3.78. The van der Waals surface area contributed by atoms with Crippen molar-refractivity contribution in [2.45, 2.75) is 39.7 Å².